The highest BCUT2D eigenvalue weighted by Gasteiger charge is 2.15. The summed E-state index contributed by atoms with van der Waals surface area (Å²) < 4.78 is 14.7. The Kier molecular flexibility index (Phi) is 4.64. The van der Waals surface area contributed by atoms with E-state index in [1.54, 1.807) is 48.9 Å². The van der Waals surface area contributed by atoms with Crippen LogP contribution in [0.4, 0.5) is 10.1 Å². The van der Waals surface area contributed by atoms with Crippen LogP contribution >= 0.6 is 0 Å². The van der Waals surface area contributed by atoms with Gasteiger partial charge < -0.3 is 9.67 Å². The van der Waals surface area contributed by atoms with Crippen LogP contribution in [0.15, 0.2) is 70.9 Å². The Balaban J connectivity index is 1.64. The average Bonchev–Trinajstić information content (AvgIpc) is 2.97. The number of fused-ring (bicyclic) bond motifs is 1. The number of nitrogens with zero attached hydrogens (tertiary/aromatic N) is 4. The summed E-state index contributed by atoms with van der Waals surface area (Å²) >= 11 is 0. The number of para-hydroxylation sites is 1. The summed E-state index contributed by atoms with van der Waals surface area (Å²) in [7, 11) is 1.71. The second-order valence-electron chi connectivity index (χ2n) is 6.59. The van der Waals surface area contributed by atoms with Gasteiger partial charge >= 0.3 is 0 Å². The van der Waals surface area contributed by atoms with Gasteiger partial charge in [0.2, 0.25) is 5.88 Å². The quantitative estimate of drug-likeness (QED) is 0.483. The molecule has 0 unspecified atom stereocenters. The number of aromatic nitrogens is 2. The van der Waals surface area contributed by atoms with Crippen molar-refractivity contribution in [3.63, 3.8) is 0 Å². The maximum absolute atomic E-state index is 13.1. The molecule has 0 bridgehead atoms. The summed E-state index contributed by atoms with van der Waals surface area (Å²) in [6, 6.07) is 16.6. The Morgan fingerprint density at radius 3 is 2.52 bits per heavy atom. The third-order valence-corrected chi connectivity index (χ3v) is 4.75. The van der Waals surface area contributed by atoms with Crippen molar-refractivity contribution in [2.24, 2.45) is 17.3 Å². The summed E-state index contributed by atoms with van der Waals surface area (Å²) in [6.45, 7) is 1.70. The Bertz CT molecular complexity index is 1260. The van der Waals surface area contributed by atoms with Crippen LogP contribution in [0.3, 0.4) is 0 Å². The lowest BCUT2D eigenvalue weighted by molar-refractivity contribution is 0.0994. The molecule has 2 aromatic heterocycles. The van der Waals surface area contributed by atoms with Crippen LogP contribution in [-0.2, 0) is 7.05 Å². The van der Waals surface area contributed by atoms with E-state index in [4.69, 9.17) is 0 Å². The first-order chi connectivity index (χ1) is 14.0. The molecule has 0 spiro atoms. The first kappa shape index (κ1) is 18.5. The number of amides is 1. The zero-order valence-electron chi connectivity index (χ0n) is 15.8. The first-order valence-corrected chi connectivity index (χ1v) is 8.91. The van der Waals surface area contributed by atoms with Gasteiger partial charge in [-0.05, 0) is 49.4 Å². The van der Waals surface area contributed by atoms with Crippen molar-refractivity contribution in [3.05, 3.63) is 77.7 Å². The number of hydrogen-bond donors (Lipinski definition) is 1. The highest BCUT2D eigenvalue weighted by atomic mass is 19.1. The van der Waals surface area contributed by atoms with E-state index >= 15 is 0 Å². The fourth-order valence-electron chi connectivity index (χ4n) is 3.18. The Morgan fingerprint density at radius 1 is 1.07 bits per heavy atom. The lowest BCUT2D eigenvalue weighted by atomic mass is 10.1. The molecule has 7 heteroatoms. The van der Waals surface area contributed by atoms with E-state index in [9.17, 15) is 14.3 Å². The number of carbonyl (C=O) groups excluding carboxylic acids is 1. The molecular weight excluding hydrogens is 371 g/mol. The maximum atomic E-state index is 13.1. The normalized spacial score (nSPS) is 11.4. The van der Waals surface area contributed by atoms with E-state index in [0.717, 1.165) is 11.1 Å². The van der Waals surface area contributed by atoms with Gasteiger partial charge in [0.15, 0.2) is 5.69 Å². The zero-order valence-corrected chi connectivity index (χ0v) is 15.8. The van der Waals surface area contributed by atoms with Gasteiger partial charge in [-0.2, -0.15) is 0 Å². The van der Waals surface area contributed by atoms with Crippen LogP contribution in [0.5, 0.6) is 5.88 Å². The summed E-state index contributed by atoms with van der Waals surface area (Å²) in [5, 5.41) is 18.8. The van der Waals surface area contributed by atoms with Crippen molar-refractivity contribution < 1.29 is 14.3 Å². The van der Waals surface area contributed by atoms with Gasteiger partial charge in [-0.25, -0.2) is 4.39 Å². The third-order valence-electron chi connectivity index (χ3n) is 4.75. The van der Waals surface area contributed by atoms with Crippen LogP contribution in [0.25, 0.3) is 22.2 Å². The molecule has 2 aromatic carbocycles. The van der Waals surface area contributed by atoms with Crippen LogP contribution in [0, 0.1) is 12.7 Å². The predicted molar refractivity (Wildman–Crippen MR) is 108 cm³/mol. The van der Waals surface area contributed by atoms with Crippen LogP contribution in [-0.4, -0.2) is 20.6 Å². The Morgan fingerprint density at radius 2 is 1.79 bits per heavy atom. The monoisotopic (exact) mass is 388 g/mol. The summed E-state index contributed by atoms with van der Waals surface area (Å²) in [4.78, 5) is 17.0. The Hall–Kier alpha value is -3.87. The fraction of sp³-hybridized carbons (Fsp3) is 0.0909. The van der Waals surface area contributed by atoms with E-state index in [1.165, 1.54) is 12.1 Å². The van der Waals surface area contributed by atoms with Crippen molar-refractivity contribution >= 4 is 22.5 Å². The minimum Gasteiger partial charge on any atom is -0.493 e. The molecule has 0 fully saturated rings. The lowest BCUT2D eigenvalue weighted by Crippen LogP contribution is -2.00. The maximum Gasteiger partial charge on any atom is 0.297 e. The largest absolute Gasteiger partial charge is 0.493 e. The van der Waals surface area contributed by atoms with Gasteiger partial charge in [0.05, 0.1) is 22.5 Å². The number of aryl methyl sites for hydroxylation is 2. The molecule has 144 valence electrons. The van der Waals surface area contributed by atoms with Gasteiger partial charge in [-0.3, -0.25) is 9.78 Å². The number of pyridine rings is 1. The highest BCUT2D eigenvalue weighted by Crippen LogP contribution is 2.37. The molecular formula is C22H17FN4O2. The number of halogens is 1. The number of carbonyl (C=O) groups is 1. The molecule has 0 aliphatic heterocycles. The number of azo groups is 1. The molecule has 29 heavy (non-hydrogen) atoms. The molecule has 4 aromatic rings. The molecule has 1 N–H and O–H groups in total. The van der Waals surface area contributed by atoms with Crippen molar-refractivity contribution in [1.82, 2.24) is 9.55 Å². The molecule has 0 aliphatic carbocycles. The second kappa shape index (κ2) is 7.27. The smallest absolute Gasteiger partial charge is 0.297 e. The minimum atomic E-state index is -0.562. The second-order valence-corrected chi connectivity index (χ2v) is 6.59. The van der Waals surface area contributed by atoms with Gasteiger partial charge in [0.25, 0.3) is 5.91 Å². The van der Waals surface area contributed by atoms with Crippen molar-refractivity contribution in [2.45, 2.75) is 6.92 Å². The summed E-state index contributed by atoms with van der Waals surface area (Å²) in [6.07, 6.45) is 0. The van der Waals surface area contributed by atoms with Gasteiger partial charge in [-0.15, -0.1) is 10.2 Å². The highest BCUT2D eigenvalue weighted by molar-refractivity contribution is 5.98. The molecule has 0 aliphatic rings. The molecule has 1 amide bonds. The van der Waals surface area contributed by atoms with E-state index in [1.807, 2.05) is 18.2 Å². The van der Waals surface area contributed by atoms with Crippen molar-refractivity contribution in [3.8, 4) is 17.1 Å². The molecule has 0 saturated carbocycles. The zero-order chi connectivity index (χ0) is 20.5. The number of hydrogen-bond acceptors (Lipinski definition) is 4. The molecule has 0 atom stereocenters. The third kappa shape index (κ3) is 3.38. The SMILES string of the molecule is Cc1nc(-c2ccc(F)cc2)ccc1C(=O)N=Nc1c(O)n(C)c2ccccc12. The van der Waals surface area contributed by atoms with E-state index < -0.39 is 5.91 Å². The van der Waals surface area contributed by atoms with E-state index in [2.05, 4.69) is 15.2 Å². The molecule has 0 saturated heterocycles. The average molecular weight is 388 g/mol. The van der Waals surface area contributed by atoms with Gasteiger partial charge in [0, 0.05) is 18.0 Å². The van der Waals surface area contributed by atoms with E-state index in [0.29, 0.717) is 22.3 Å². The molecule has 4 rings (SSSR count). The topological polar surface area (TPSA) is 79.8 Å². The number of benzene rings is 2. The summed E-state index contributed by atoms with van der Waals surface area (Å²) in [5.41, 5.74) is 3.19. The van der Waals surface area contributed by atoms with Crippen LogP contribution in [0.2, 0.25) is 0 Å². The number of rotatable bonds is 3. The van der Waals surface area contributed by atoms with Gasteiger partial charge in [0.1, 0.15) is 5.82 Å². The fourth-order valence-corrected chi connectivity index (χ4v) is 3.18. The predicted octanol–water partition coefficient (Wildman–Crippen LogP) is 5.32. The lowest BCUT2D eigenvalue weighted by Gasteiger charge is -2.05. The van der Waals surface area contributed by atoms with Crippen LogP contribution < -0.4 is 0 Å². The molecule has 2 heterocycles. The number of aromatic hydroxyl groups is 1. The van der Waals surface area contributed by atoms with Crippen molar-refractivity contribution in [1.29, 1.82) is 0 Å². The standard InChI is InChI=1S/C22H17FN4O2/c1-13-16(11-12-18(24-13)14-7-9-15(23)10-8-14)21(28)26-25-20-17-5-3-4-6-19(17)27(2)22(20)29/h3-12,29H,1-2H3. The van der Waals surface area contributed by atoms with Crippen molar-refractivity contribution in [2.75, 3.05) is 0 Å². The van der Waals surface area contributed by atoms with E-state index in [-0.39, 0.29) is 17.4 Å². The minimum absolute atomic E-state index is 0.0655. The molecule has 6 nitrogen and oxygen atoms in total. The molecule has 0 radical (unpaired) electrons. The Labute approximate surface area is 166 Å². The van der Waals surface area contributed by atoms with Gasteiger partial charge in [-0.1, -0.05) is 18.2 Å². The summed E-state index contributed by atoms with van der Waals surface area (Å²) in [5.74, 6) is -0.952. The van der Waals surface area contributed by atoms with Crippen LogP contribution in [0.1, 0.15) is 16.1 Å². The first-order valence-electron chi connectivity index (χ1n) is 8.91.